The van der Waals surface area contributed by atoms with Crippen molar-refractivity contribution in [2.24, 2.45) is 5.41 Å². The molecule has 0 saturated carbocycles. The second kappa shape index (κ2) is 5.34. The second-order valence-electron chi connectivity index (χ2n) is 6.80. The van der Waals surface area contributed by atoms with Crippen LogP contribution in [-0.4, -0.2) is 8.07 Å². The predicted molar refractivity (Wildman–Crippen MR) is 88.0 cm³/mol. The van der Waals surface area contributed by atoms with Gasteiger partial charge in [0.1, 0.15) is 8.07 Å². The summed E-state index contributed by atoms with van der Waals surface area (Å²) in [5.74, 6) is 0. The van der Waals surface area contributed by atoms with Gasteiger partial charge in [0.15, 0.2) is 0 Å². The second-order valence-corrected chi connectivity index (χ2v) is 11.0. The van der Waals surface area contributed by atoms with Crippen molar-refractivity contribution in [2.45, 2.75) is 33.4 Å². The third-order valence-electron chi connectivity index (χ3n) is 3.71. The van der Waals surface area contributed by atoms with Crippen LogP contribution in [0, 0.1) is 5.41 Å². The zero-order valence-corrected chi connectivity index (χ0v) is 13.5. The highest BCUT2D eigenvalue weighted by Gasteiger charge is 2.35. The molecule has 2 aromatic rings. The monoisotopic (exact) mass is 268 g/mol. The smallest absolute Gasteiger partial charge is 0.0626 e. The summed E-state index contributed by atoms with van der Waals surface area (Å²) in [5.41, 5.74) is 0.354. The fourth-order valence-electron chi connectivity index (χ4n) is 3.04. The SMILES string of the molecule is CC(C)(C)C[Si](C)(c1ccccc1)c1ccccc1. The summed E-state index contributed by atoms with van der Waals surface area (Å²) < 4.78 is 0. The largest absolute Gasteiger partial charge is 0.115 e. The molecule has 2 aromatic carbocycles. The van der Waals surface area contributed by atoms with Gasteiger partial charge in [0.2, 0.25) is 0 Å². The van der Waals surface area contributed by atoms with E-state index in [4.69, 9.17) is 0 Å². The van der Waals surface area contributed by atoms with E-state index in [1.807, 2.05) is 0 Å². The lowest BCUT2D eigenvalue weighted by Crippen LogP contribution is -2.57. The molecule has 0 aliphatic heterocycles. The molecule has 0 nitrogen and oxygen atoms in total. The third kappa shape index (κ3) is 3.36. The Hall–Kier alpha value is -1.34. The maximum absolute atomic E-state index is 2.50. The molecule has 1 heteroatoms. The summed E-state index contributed by atoms with van der Waals surface area (Å²) in [7, 11) is -1.64. The lowest BCUT2D eigenvalue weighted by molar-refractivity contribution is 0.463. The molecule has 0 bridgehead atoms. The molecule has 0 amide bonds. The predicted octanol–water partition coefficient (Wildman–Crippen LogP) is 3.93. The zero-order valence-electron chi connectivity index (χ0n) is 12.5. The first-order valence-corrected chi connectivity index (χ1v) is 9.74. The maximum Gasteiger partial charge on any atom is 0.115 e. The molecule has 0 spiro atoms. The van der Waals surface area contributed by atoms with Crippen molar-refractivity contribution >= 4 is 18.4 Å². The van der Waals surface area contributed by atoms with Gasteiger partial charge < -0.3 is 0 Å². The first-order valence-electron chi connectivity index (χ1n) is 7.03. The average Bonchev–Trinajstić information content (AvgIpc) is 2.39. The van der Waals surface area contributed by atoms with Gasteiger partial charge in [0, 0.05) is 0 Å². The molecule has 0 radical (unpaired) electrons. The summed E-state index contributed by atoms with van der Waals surface area (Å²) >= 11 is 0. The minimum atomic E-state index is -1.64. The molecule has 0 unspecified atom stereocenters. The molecule has 0 saturated heterocycles. The van der Waals surface area contributed by atoms with Crippen LogP contribution in [0.4, 0.5) is 0 Å². The number of hydrogen-bond donors (Lipinski definition) is 0. The molecule has 2 rings (SSSR count). The van der Waals surface area contributed by atoms with Crippen LogP contribution in [0.2, 0.25) is 12.6 Å². The van der Waals surface area contributed by atoms with Crippen LogP contribution in [0.25, 0.3) is 0 Å². The first-order chi connectivity index (χ1) is 8.92. The van der Waals surface area contributed by atoms with E-state index in [-0.39, 0.29) is 0 Å². The molecule has 0 aliphatic carbocycles. The van der Waals surface area contributed by atoms with Crippen molar-refractivity contribution in [1.82, 2.24) is 0 Å². The quantitative estimate of drug-likeness (QED) is 0.740. The Labute approximate surface area is 118 Å². The van der Waals surface area contributed by atoms with Crippen molar-refractivity contribution in [2.75, 3.05) is 0 Å². The Morgan fingerprint density at radius 2 is 1.11 bits per heavy atom. The van der Waals surface area contributed by atoms with E-state index in [1.54, 1.807) is 0 Å². The van der Waals surface area contributed by atoms with Gasteiger partial charge in [0.05, 0.1) is 0 Å². The molecule has 0 fully saturated rings. The van der Waals surface area contributed by atoms with Gasteiger partial charge in [-0.15, -0.1) is 0 Å². The van der Waals surface area contributed by atoms with Crippen molar-refractivity contribution in [3.8, 4) is 0 Å². The summed E-state index contributed by atoms with van der Waals surface area (Å²) in [5, 5.41) is 3.08. The maximum atomic E-state index is 2.50. The molecular weight excluding hydrogens is 244 g/mol. The highest BCUT2D eigenvalue weighted by molar-refractivity contribution is 7.01. The Morgan fingerprint density at radius 1 is 0.737 bits per heavy atom. The lowest BCUT2D eigenvalue weighted by atomic mass is 10.0. The fourth-order valence-corrected chi connectivity index (χ4v) is 7.76. The van der Waals surface area contributed by atoms with Crippen molar-refractivity contribution in [1.29, 1.82) is 0 Å². The zero-order chi connectivity index (χ0) is 13.9. The van der Waals surface area contributed by atoms with Crippen LogP contribution in [0.5, 0.6) is 0 Å². The van der Waals surface area contributed by atoms with E-state index < -0.39 is 8.07 Å². The molecule has 100 valence electrons. The summed E-state index contributed by atoms with van der Waals surface area (Å²) in [6.07, 6.45) is 0. The topological polar surface area (TPSA) is 0 Å². The van der Waals surface area contributed by atoms with Crippen LogP contribution in [0.1, 0.15) is 20.8 Å². The van der Waals surface area contributed by atoms with Crippen LogP contribution >= 0.6 is 0 Å². The van der Waals surface area contributed by atoms with Crippen molar-refractivity contribution in [3.05, 3.63) is 60.7 Å². The fraction of sp³-hybridized carbons (Fsp3) is 0.333. The molecule has 0 aromatic heterocycles. The molecule has 19 heavy (non-hydrogen) atoms. The first kappa shape index (κ1) is 14.1. The summed E-state index contributed by atoms with van der Waals surface area (Å²) in [4.78, 5) is 0. The van der Waals surface area contributed by atoms with Crippen molar-refractivity contribution < 1.29 is 0 Å². The molecular formula is C18H24Si. The standard InChI is InChI=1S/C18H24Si/c1-18(2,3)15-19(4,16-11-7-5-8-12-16)17-13-9-6-10-14-17/h5-14H,15H2,1-4H3. The molecule has 0 heterocycles. The van der Waals surface area contributed by atoms with Gasteiger partial charge in [-0.05, 0) is 11.5 Å². The van der Waals surface area contributed by atoms with E-state index in [0.29, 0.717) is 5.41 Å². The Morgan fingerprint density at radius 3 is 1.42 bits per heavy atom. The molecule has 0 atom stereocenters. The van der Waals surface area contributed by atoms with Crippen LogP contribution in [-0.2, 0) is 0 Å². The third-order valence-corrected chi connectivity index (χ3v) is 8.69. The van der Waals surface area contributed by atoms with E-state index in [0.717, 1.165) is 0 Å². The van der Waals surface area contributed by atoms with E-state index >= 15 is 0 Å². The number of benzene rings is 2. The van der Waals surface area contributed by atoms with E-state index in [2.05, 4.69) is 88.0 Å². The lowest BCUT2D eigenvalue weighted by Gasteiger charge is -2.35. The van der Waals surface area contributed by atoms with Gasteiger partial charge in [-0.2, -0.15) is 0 Å². The number of rotatable bonds is 3. The average molecular weight is 268 g/mol. The normalized spacial score (nSPS) is 12.4. The van der Waals surface area contributed by atoms with E-state index in [9.17, 15) is 0 Å². The molecule has 0 N–H and O–H groups in total. The summed E-state index contributed by atoms with van der Waals surface area (Å²) in [6.45, 7) is 9.56. The van der Waals surface area contributed by atoms with E-state index in [1.165, 1.54) is 16.4 Å². The Bertz CT molecular complexity index is 469. The highest BCUT2D eigenvalue weighted by atomic mass is 28.3. The van der Waals surface area contributed by atoms with Gasteiger partial charge in [-0.1, -0.05) is 98.4 Å². The van der Waals surface area contributed by atoms with Gasteiger partial charge in [-0.3, -0.25) is 0 Å². The minimum Gasteiger partial charge on any atom is -0.0626 e. The highest BCUT2D eigenvalue weighted by Crippen LogP contribution is 2.27. The van der Waals surface area contributed by atoms with Gasteiger partial charge in [-0.25, -0.2) is 0 Å². The number of hydrogen-bond acceptors (Lipinski definition) is 0. The minimum absolute atomic E-state index is 0.354. The van der Waals surface area contributed by atoms with Crippen LogP contribution in [0.15, 0.2) is 60.7 Å². The van der Waals surface area contributed by atoms with Crippen LogP contribution < -0.4 is 10.4 Å². The Kier molecular flexibility index (Phi) is 3.95. The Balaban J connectivity index is 2.51. The van der Waals surface area contributed by atoms with Crippen molar-refractivity contribution in [3.63, 3.8) is 0 Å². The van der Waals surface area contributed by atoms with Gasteiger partial charge in [0.25, 0.3) is 0 Å². The molecule has 0 aliphatic rings. The van der Waals surface area contributed by atoms with Gasteiger partial charge >= 0.3 is 0 Å². The summed E-state index contributed by atoms with van der Waals surface area (Å²) in [6, 6.07) is 23.4. The van der Waals surface area contributed by atoms with Crippen LogP contribution in [0.3, 0.4) is 0 Å².